The molecule has 3 atom stereocenters. The highest BCUT2D eigenvalue weighted by Gasteiger charge is 2.67. The van der Waals surface area contributed by atoms with Crippen LogP contribution in [0.2, 0.25) is 0 Å². The van der Waals surface area contributed by atoms with Crippen molar-refractivity contribution >= 4 is 23.5 Å². The second-order valence-electron chi connectivity index (χ2n) is 9.70. The van der Waals surface area contributed by atoms with E-state index < -0.39 is 29.0 Å². The number of hydrogen-bond acceptors (Lipinski definition) is 6. The van der Waals surface area contributed by atoms with Crippen LogP contribution in [0.1, 0.15) is 53.2 Å². The number of halogens is 1. The highest BCUT2D eigenvalue weighted by atomic mass is 19.1. The first-order valence-corrected chi connectivity index (χ1v) is 12.5. The number of carboxylic acids is 1. The zero-order chi connectivity index (χ0) is 27.4. The highest BCUT2D eigenvalue weighted by Crippen LogP contribution is 2.65. The van der Waals surface area contributed by atoms with Gasteiger partial charge in [-0.1, -0.05) is 13.0 Å². The Kier molecular flexibility index (Phi) is 7.97. The van der Waals surface area contributed by atoms with E-state index in [0.717, 1.165) is 5.56 Å². The van der Waals surface area contributed by atoms with E-state index in [9.17, 15) is 24.0 Å². The van der Waals surface area contributed by atoms with Crippen molar-refractivity contribution in [2.75, 3.05) is 32.2 Å². The number of hydrogen-bond donors (Lipinski definition) is 3. The first kappa shape index (κ1) is 27.1. The fourth-order valence-corrected chi connectivity index (χ4v) is 5.55. The van der Waals surface area contributed by atoms with Gasteiger partial charge in [-0.3, -0.25) is 14.4 Å². The van der Waals surface area contributed by atoms with E-state index in [2.05, 4.69) is 16.7 Å². The lowest BCUT2D eigenvalue weighted by atomic mass is 9.84. The van der Waals surface area contributed by atoms with Crippen LogP contribution in [-0.2, 0) is 26.2 Å². The van der Waals surface area contributed by atoms with Crippen molar-refractivity contribution in [2.24, 2.45) is 11.8 Å². The van der Waals surface area contributed by atoms with Gasteiger partial charge >= 0.3 is 5.97 Å². The largest absolute Gasteiger partial charge is 0.493 e. The monoisotopic (exact) mass is 523 g/mol. The zero-order valence-corrected chi connectivity index (χ0v) is 21.3. The molecule has 1 fully saturated rings. The molecule has 38 heavy (non-hydrogen) atoms. The molecule has 1 aliphatic carbocycles. The Hall–Kier alpha value is -3.97. The molecule has 4 rings (SSSR count). The molecule has 2 unspecified atom stereocenters. The lowest BCUT2D eigenvalue weighted by Crippen LogP contribution is -2.30. The Morgan fingerprint density at radius 3 is 2.79 bits per heavy atom. The van der Waals surface area contributed by atoms with Crippen LogP contribution in [0.3, 0.4) is 0 Å². The van der Waals surface area contributed by atoms with Crippen molar-refractivity contribution in [3.63, 3.8) is 0 Å². The van der Waals surface area contributed by atoms with E-state index in [0.29, 0.717) is 48.4 Å². The van der Waals surface area contributed by atoms with E-state index in [1.54, 1.807) is 18.2 Å². The number of methoxy groups -OCH3 is 1. The maximum Gasteiger partial charge on any atom is 0.303 e. The Bertz CT molecular complexity index is 1310. The minimum Gasteiger partial charge on any atom is -0.493 e. The molecule has 1 aliphatic heterocycles. The zero-order valence-electron chi connectivity index (χ0n) is 21.3. The van der Waals surface area contributed by atoms with Crippen LogP contribution in [0.4, 0.5) is 10.1 Å². The number of fused-ring (bicyclic) bond motifs is 2. The fraction of sp³-hybridized carbons (Fsp3) is 0.429. The van der Waals surface area contributed by atoms with Crippen LogP contribution in [0.5, 0.6) is 5.75 Å². The molecule has 200 valence electrons. The first-order valence-electron chi connectivity index (χ1n) is 12.5. The number of carboxylic acid groups (broad SMARTS) is 1. The van der Waals surface area contributed by atoms with Crippen molar-refractivity contribution < 1.29 is 33.4 Å². The summed E-state index contributed by atoms with van der Waals surface area (Å²) in [6.07, 6.45) is 1.33. The molecule has 2 aromatic carbocycles. The molecule has 1 saturated carbocycles. The fourth-order valence-electron chi connectivity index (χ4n) is 5.55. The maximum atomic E-state index is 14.8. The van der Waals surface area contributed by atoms with Crippen LogP contribution in [0.25, 0.3) is 0 Å². The summed E-state index contributed by atoms with van der Waals surface area (Å²) in [6, 6.07) is 9.71. The number of carbonyl (C=O) groups excluding carboxylic acids is 2. The van der Waals surface area contributed by atoms with Crippen LogP contribution in [0, 0.1) is 29.0 Å². The molecule has 3 N–H and O–H groups in total. The summed E-state index contributed by atoms with van der Waals surface area (Å²) < 4.78 is 25.4. The number of nitrogens with zero attached hydrogens (tertiary/aromatic N) is 1. The summed E-state index contributed by atoms with van der Waals surface area (Å²) in [4.78, 5) is 37.1. The number of aliphatic carboxylic acids is 1. The number of rotatable bonds is 10. The molecule has 1 heterocycles. The van der Waals surface area contributed by atoms with Gasteiger partial charge in [0.25, 0.3) is 5.91 Å². The molecular formula is C28H30FN3O6. The number of nitriles is 1. The van der Waals surface area contributed by atoms with Gasteiger partial charge in [0.15, 0.2) is 0 Å². The molecule has 2 amide bonds. The second kappa shape index (κ2) is 11.2. The number of amides is 2. The molecule has 0 saturated heterocycles. The van der Waals surface area contributed by atoms with Crippen molar-refractivity contribution in [3.05, 3.63) is 58.4 Å². The number of benzene rings is 2. The summed E-state index contributed by atoms with van der Waals surface area (Å²) in [5.74, 6) is -2.67. The van der Waals surface area contributed by atoms with Crippen molar-refractivity contribution in [1.82, 2.24) is 5.32 Å². The van der Waals surface area contributed by atoms with E-state index in [1.807, 2.05) is 6.92 Å². The topological polar surface area (TPSA) is 138 Å². The van der Waals surface area contributed by atoms with Crippen LogP contribution < -0.4 is 15.4 Å². The van der Waals surface area contributed by atoms with E-state index in [-0.39, 0.29) is 37.0 Å². The number of aryl methyl sites for hydroxylation is 1. The second-order valence-corrected chi connectivity index (χ2v) is 9.70. The van der Waals surface area contributed by atoms with Gasteiger partial charge in [0.1, 0.15) is 11.6 Å². The summed E-state index contributed by atoms with van der Waals surface area (Å²) >= 11 is 0. The molecule has 9 nitrogen and oxygen atoms in total. The minimum absolute atomic E-state index is 0.00905. The highest BCUT2D eigenvalue weighted by molar-refractivity contribution is 5.98. The van der Waals surface area contributed by atoms with Crippen LogP contribution in [-0.4, -0.2) is 49.8 Å². The summed E-state index contributed by atoms with van der Waals surface area (Å²) in [6.45, 7) is 2.77. The van der Waals surface area contributed by atoms with Crippen LogP contribution >= 0.6 is 0 Å². The summed E-state index contributed by atoms with van der Waals surface area (Å²) in [5.41, 5.74) is 1.47. The SMILES string of the molecule is COCCNC(=O)c1cc2c(cc1F)OCC[C@]21C(C)C1C(=O)Nc1cc(C#N)ccc1CCCC(=O)O. The number of nitrogens with one attached hydrogen (secondary N) is 2. The van der Waals surface area contributed by atoms with Gasteiger partial charge in [-0.15, -0.1) is 0 Å². The van der Waals surface area contributed by atoms with Crippen molar-refractivity contribution in [2.45, 2.75) is 38.0 Å². The van der Waals surface area contributed by atoms with Crippen LogP contribution in [0.15, 0.2) is 30.3 Å². The predicted octanol–water partition coefficient (Wildman–Crippen LogP) is 3.41. The molecule has 2 aliphatic rings. The third kappa shape index (κ3) is 5.20. The average molecular weight is 524 g/mol. The molecule has 10 heteroatoms. The Morgan fingerprint density at radius 1 is 1.29 bits per heavy atom. The Morgan fingerprint density at radius 2 is 2.08 bits per heavy atom. The quantitative estimate of drug-likeness (QED) is 0.406. The normalized spacial score (nSPS) is 21.1. The Balaban J connectivity index is 1.59. The van der Waals surface area contributed by atoms with Gasteiger partial charge in [-0.2, -0.15) is 5.26 Å². The Labute approximate surface area is 219 Å². The van der Waals surface area contributed by atoms with Crippen molar-refractivity contribution in [3.8, 4) is 11.8 Å². The predicted molar refractivity (Wildman–Crippen MR) is 135 cm³/mol. The molecule has 1 spiro atoms. The lowest BCUT2D eigenvalue weighted by Gasteiger charge is -2.28. The van der Waals surface area contributed by atoms with Gasteiger partial charge in [0.2, 0.25) is 5.91 Å². The molecular weight excluding hydrogens is 493 g/mol. The average Bonchev–Trinajstić information content (AvgIpc) is 3.47. The van der Waals surface area contributed by atoms with Gasteiger partial charge in [-0.05, 0) is 48.9 Å². The number of ether oxygens (including phenoxy) is 2. The van der Waals surface area contributed by atoms with E-state index in [4.69, 9.17) is 14.6 Å². The van der Waals surface area contributed by atoms with Gasteiger partial charge in [0, 0.05) is 42.8 Å². The number of anilines is 1. The molecule has 2 aromatic rings. The third-order valence-corrected chi connectivity index (χ3v) is 7.55. The lowest BCUT2D eigenvalue weighted by molar-refractivity contribution is -0.137. The van der Waals surface area contributed by atoms with Gasteiger partial charge < -0.3 is 25.2 Å². The standard InChI is InChI=1S/C28H30FN3O6/c1-16-25(27(36)32-22-12-17(15-30)6-7-18(22)4-3-5-24(33)34)28(16)8-10-38-23-14-21(29)19(13-20(23)28)26(35)31-9-11-37-2/h6-7,12-14,16,25H,3-5,8-11H2,1-2H3,(H,31,35)(H,32,36)(H,33,34)/t16?,25?,28-/m0/s1. The molecule has 0 aromatic heterocycles. The number of carbonyl (C=O) groups is 3. The van der Waals surface area contributed by atoms with Gasteiger partial charge in [-0.25, -0.2) is 4.39 Å². The van der Waals surface area contributed by atoms with Crippen molar-refractivity contribution in [1.29, 1.82) is 5.26 Å². The first-order chi connectivity index (χ1) is 18.2. The summed E-state index contributed by atoms with van der Waals surface area (Å²) in [7, 11) is 1.50. The summed E-state index contributed by atoms with van der Waals surface area (Å²) in [5, 5.41) is 23.9. The molecule has 0 bridgehead atoms. The third-order valence-electron chi connectivity index (χ3n) is 7.55. The van der Waals surface area contributed by atoms with E-state index in [1.165, 1.54) is 19.2 Å². The molecule has 0 radical (unpaired) electrons. The van der Waals surface area contributed by atoms with Gasteiger partial charge in [0.05, 0.1) is 36.3 Å². The maximum absolute atomic E-state index is 14.8. The van der Waals surface area contributed by atoms with E-state index >= 15 is 0 Å². The smallest absolute Gasteiger partial charge is 0.303 e. The minimum atomic E-state index is -0.903.